The molecule has 0 bridgehead atoms. The van der Waals surface area contributed by atoms with Crippen molar-refractivity contribution < 1.29 is 9.47 Å². The largest absolute Gasteiger partial charge is 0.497 e. The van der Waals surface area contributed by atoms with E-state index >= 15 is 0 Å². The van der Waals surface area contributed by atoms with Crippen molar-refractivity contribution in [3.05, 3.63) is 59.8 Å². The fourth-order valence-corrected chi connectivity index (χ4v) is 3.53. The molecule has 0 N–H and O–H groups in total. The Kier molecular flexibility index (Phi) is 4.65. The number of aromatic nitrogens is 1. The number of anilines is 1. The van der Waals surface area contributed by atoms with Gasteiger partial charge in [-0.25, -0.2) is 0 Å². The Balaban J connectivity index is 1.56. The van der Waals surface area contributed by atoms with Crippen LogP contribution in [-0.4, -0.2) is 25.2 Å². The summed E-state index contributed by atoms with van der Waals surface area (Å²) in [4.78, 5) is 7.22. The Hall–Kier alpha value is -2.75. The lowest BCUT2D eigenvalue weighted by Crippen LogP contribution is -2.18. The average molecular weight is 348 g/mol. The van der Waals surface area contributed by atoms with E-state index in [1.807, 2.05) is 24.3 Å². The molecule has 4 heteroatoms. The number of aryl methyl sites for hydroxylation is 1. The van der Waals surface area contributed by atoms with Gasteiger partial charge in [0, 0.05) is 29.9 Å². The molecule has 3 aromatic rings. The Labute approximate surface area is 154 Å². The molecular formula is C22H24N2O2. The SMILES string of the molecule is COc1ccc(OCc2ccc3c(N4CCCC4)cc(C)nc3c2)cc1. The minimum absolute atomic E-state index is 0.525. The summed E-state index contributed by atoms with van der Waals surface area (Å²) in [5.74, 6) is 1.66. The third kappa shape index (κ3) is 3.45. The molecular weight excluding hydrogens is 324 g/mol. The standard InChI is InChI=1S/C22H24N2O2/c1-16-13-22(24-11-3-4-12-24)20-10-5-17(14-21(20)23-16)15-26-19-8-6-18(25-2)7-9-19/h5-10,13-14H,3-4,11-12,15H2,1-2H3. The normalized spacial score (nSPS) is 14.0. The summed E-state index contributed by atoms with van der Waals surface area (Å²) >= 11 is 0. The number of hydrogen-bond acceptors (Lipinski definition) is 4. The first-order valence-corrected chi connectivity index (χ1v) is 9.15. The maximum atomic E-state index is 5.91. The highest BCUT2D eigenvalue weighted by molar-refractivity contribution is 5.92. The number of nitrogens with zero attached hydrogens (tertiary/aromatic N) is 2. The van der Waals surface area contributed by atoms with Gasteiger partial charge in [-0.3, -0.25) is 4.98 Å². The maximum Gasteiger partial charge on any atom is 0.120 e. The molecule has 4 nitrogen and oxygen atoms in total. The number of fused-ring (bicyclic) bond motifs is 1. The molecule has 0 saturated carbocycles. The van der Waals surface area contributed by atoms with Crippen LogP contribution in [0.4, 0.5) is 5.69 Å². The molecule has 134 valence electrons. The summed E-state index contributed by atoms with van der Waals surface area (Å²) in [7, 11) is 1.66. The maximum absolute atomic E-state index is 5.91. The van der Waals surface area contributed by atoms with Crippen LogP contribution in [0.2, 0.25) is 0 Å². The highest BCUT2D eigenvalue weighted by Gasteiger charge is 2.16. The summed E-state index contributed by atoms with van der Waals surface area (Å²) in [6, 6.07) is 16.3. The topological polar surface area (TPSA) is 34.6 Å². The lowest BCUT2D eigenvalue weighted by Gasteiger charge is -2.20. The lowest BCUT2D eigenvalue weighted by atomic mass is 10.1. The van der Waals surface area contributed by atoms with Crippen LogP contribution in [0.3, 0.4) is 0 Å². The van der Waals surface area contributed by atoms with Crippen molar-refractivity contribution in [3.8, 4) is 11.5 Å². The summed E-state index contributed by atoms with van der Waals surface area (Å²) < 4.78 is 11.1. The lowest BCUT2D eigenvalue weighted by molar-refractivity contribution is 0.305. The summed E-state index contributed by atoms with van der Waals surface area (Å²) in [5, 5.41) is 1.23. The molecule has 0 aliphatic carbocycles. The zero-order valence-corrected chi connectivity index (χ0v) is 15.4. The van der Waals surface area contributed by atoms with Gasteiger partial charge in [-0.05, 0) is 61.7 Å². The van der Waals surface area contributed by atoms with Gasteiger partial charge in [-0.1, -0.05) is 12.1 Å². The van der Waals surface area contributed by atoms with Crippen LogP contribution in [-0.2, 0) is 6.61 Å². The average Bonchev–Trinajstić information content (AvgIpc) is 3.20. The fraction of sp³-hybridized carbons (Fsp3) is 0.318. The van der Waals surface area contributed by atoms with E-state index in [-0.39, 0.29) is 0 Å². The molecule has 0 atom stereocenters. The van der Waals surface area contributed by atoms with E-state index in [0.717, 1.165) is 41.4 Å². The second-order valence-corrected chi connectivity index (χ2v) is 6.79. The minimum Gasteiger partial charge on any atom is -0.497 e. The second kappa shape index (κ2) is 7.24. The molecule has 2 aromatic carbocycles. The van der Waals surface area contributed by atoms with Gasteiger partial charge in [-0.2, -0.15) is 0 Å². The third-order valence-corrected chi connectivity index (χ3v) is 4.89. The summed E-state index contributed by atoms with van der Waals surface area (Å²) in [6.45, 7) is 4.87. The van der Waals surface area contributed by atoms with Crippen LogP contribution >= 0.6 is 0 Å². The smallest absolute Gasteiger partial charge is 0.120 e. The van der Waals surface area contributed by atoms with Gasteiger partial charge in [0.25, 0.3) is 0 Å². The molecule has 1 saturated heterocycles. The van der Waals surface area contributed by atoms with Crippen molar-refractivity contribution >= 4 is 16.6 Å². The molecule has 0 amide bonds. The molecule has 1 fully saturated rings. The molecule has 1 aliphatic heterocycles. The second-order valence-electron chi connectivity index (χ2n) is 6.79. The Morgan fingerprint density at radius 3 is 2.42 bits per heavy atom. The zero-order chi connectivity index (χ0) is 17.9. The van der Waals surface area contributed by atoms with E-state index in [4.69, 9.17) is 14.5 Å². The molecule has 0 unspecified atom stereocenters. The van der Waals surface area contributed by atoms with Crippen LogP contribution in [0.1, 0.15) is 24.1 Å². The van der Waals surface area contributed by atoms with Crippen LogP contribution in [0, 0.1) is 6.92 Å². The van der Waals surface area contributed by atoms with Crippen molar-refractivity contribution in [1.82, 2.24) is 4.98 Å². The van der Waals surface area contributed by atoms with Crippen LogP contribution < -0.4 is 14.4 Å². The van der Waals surface area contributed by atoms with Gasteiger partial charge in [0.1, 0.15) is 18.1 Å². The molecule has 0 spiro atoms. The van der Waals surface area contributed by atoms with Gasteiger partial charge in [-0.15, -0.1) is 0 Å². The monoisotopic (exact) mass is 348 g/mol. The Morgan fingerprint density at radius 2 is 1.69 bits per heavy atom. The van der Waals surface area contributed by atoms with E-state index in [2.05, 4.69) is 36.1 Å². The van der Waals surface area contributed by atoms with Crippen LogP contribution in [0.5, 0.6) is 11.5 Å². The molecule has 1 aliphatic rings. The van der Waals surface area contributed by atoms with Gasteiger partial charge in [0.05, 0.1) is 12.6 Å². The van der Waals surface area contributed by atoms with Gasteiger partial charge in [0.2, 0.25) is 0 Å². The Bertz CT molecular complexity index is 900. The first kappa shape index (κ1) is 16.7. The molecule has 4 rings (SSSR count). The Morgan fingerprint density at radius 1 is 0.962 bits per heavy atom. The van der Waals surface area contributed by atoms with Crippen molar-refractivity contribution in [2.24, 2.45) is 0 Å². The number of methoxy groups -OCH3 is 1. The minimum atomic E-state index is 0.525. The van der Waals surface area contributed by atoms with E-state index < -0.39 is 0 Å². The predicted molar refractivity (Wildman–Crippen MR) is 105 cm³/mol. The molecule has 1 aromatic heterocycles. The number of hydrogen-bond donors (Lipinski definition) is 0. The predicted octanol–water partition coefficient (Wildman–Crippen LogP) is 4.73. The highest BCUT2D eigenvalue weighted by atomic mass is 16.5. The molecule has 26 heavy (non-hydrogen) atoms. The fourth-order valence-electron chi connectivity index (χ4n) is 3.53. The van der Waals surface area contributed by atoms with Crippen LogP contribution in [0.25, 0.3) is 10.9 Å². The summed E-state index contributed by atoms with van der Waals surface area (Å²) in [5.41, 5.74) is 4.54. The summed E-state index contributed by atoms with van der Waals surface area (Å²) in [6.07, 6.45) is 2.55. The van der Waals surface area contributed by atoms with Gasteiger partial charge < -0.3 is 14.4 Å². The van der Waals surface area contributed by atoms with Crippen molar-refractivity contribution in [2.45, 2.75) is 26.4 Å². The zero-order valence-electron chi connectivity index (χ0n) is 15.4. The third-order valence-electron chi connectivity index (χ3n) is 4.89. The van der Waals surface area contributed by atoms with E-state index in [1.165, 1.54) is 23.9 Å². The van der Waals surface area contributed by atoms with Gasteiger partial charge in [0.15, 0.2) is 0 Å². The number of ether oxygens (including phenoxy) is 2. The van der Waals surface area contributed by atoms with E-state index in [0.29, 0.717) is 6.61 Å². The first-order chi connectivity index (χ1) is 12.7. The number of pyridine rings is 1. The van der Waals surface area contributed by atoms with Crippen LogP contribution in [0.15, 0.2) is 48.5 Å². The van der Waals surface area contributed by atoms with E-state index in [9.17, 15) is 0 Å². The number of rotatable bonds is 5. The quantitative estimate of drug-likeness (QED) is 0.667. The first-order valence-electron chi connectivity index (χ1n) is 9.15. The van der Waals surface area contributed by atoms with Crippen molar-refractivity contribution in [3.63, 3.8) is 0 Å². The molecule has 2 heterocycles. The van der Waals surface area contributed by atoms with E-state index in [1.54, 1.807) is 7.11 Å². The molecule has 0 radical (unpaired) electrons. The van der Waals surface area contributed by atoms with Crippen molar-refractivity contribution in [1.29, 1.82) is 0 Å². The highest BCUT2D eigenvalue weighted by Crippen LogP contribution is 2.30. The van der Waals surface area contributed by atoms with Crippen molar-refractivity contribution in [2.75, 3.05) is 25.1 Å². The number of benzene rings is 2. The van der Waals surface area contributed by atoms with Gasteiger partial charge >= 0.3 is 0 Å².